The van der Waals surface area contributed by atoms with Gasteiger partial charge in [-0.3, -0.25) is 0 Å². The quantitative estimate of drug-likeness (QED) is 0.192. The number of benzene rings is 7. The van der Waals surface area contributed by atoms with Crippen LogP contribution in [0.15, 0.2) is 169 Å². The predicted molar refractivity (Wildman–Crippen MR) is 222 cm³/mol. The molecule has 1 aliphatic heterocycles. The molecule has 10 aromatic rings. The number of thiophene rings is 1. The largest absolute Gasteiger partial charge is 0.368 e. The van der Waals surface area contributed by atoms with Gasteiger partial charge < -0.3 is 9.88 Å². The molecule has 0 amide bonds. The molecule has 1 atom stereocenters. The molecule has 0 saturated carbocycles. The highest BCUT2D eigenvalue weighted by Crippen LogP contribution is 2.48. The van der Waals surface area contributed by atoms with Gasteiger partial charge in [0, 0.05) is 63.9 Å². The molecular formula is C46H29N5S2. The minimum absolute atomic E-state index is 0.147. The Labute approximate surface area is 313 Å². The summed E-state index contributed by atoms with van der Waals surface area (Å²) in [7, 11) is 0. The SMILES string of the molecule is c1ccc(-c2nc(-c3ccc4c5ccccc5n(-c5ccccc5)c4c3)nc(-c3cccc4sc5ccc(C6Nc7ccccc7S6)cc5c34)n2)cc1. The molecule has 1 unspecified atom stereocenters. The summed E-state index contributed by atoms with van der Waals surface area (Å²) in [6.07, 6.45) is 0. The molecule has 3 aromatic heterocycles. The topological polar surface area (TPSA) is 55.6 Å². The van der Waals surface area contributed by atoms with Crippen molar-refractivity contribution in [1.29, 1.82) is 0 Å². The molecule has 11 rings (SSSR count). The Morgan fingerprint density at radius 2 is 1.25 bits per heavy atom. The van der Waals surface area contributed by atoms with Crippen LogP contribution in [0.25, 0.3) is 81.8 Å². The first-order valence-electron chi connectivity index (χ1n) is 17.6. The first kappa shape index (κ1) is 30.4. The maximum Gasteiger partial charge on any atom is 0.164 e. The van der Waals surface area contributed by atoms with Crippen molar-refractivity contribution in [1.82, 2.24) is 19.5 Å². The molecule has 5 nitrogen and oxygen atoms in total. The third-order valence-corrected chi connectivity index (χ3v) is 12.5. The van der Waals surface area contributed by atoms with Crippen molar-refractivity contribution in [2.24, 2.45) is 0 Å². The first-order valence-corrected chi connectivity index (χ1v) is 19.3. The highest BCUT2D eigenvalue weighted by atomic mass is 32.2. The maximum absolute atomic E-state index is 5.28. The number of anilines is 1. The molecule has 0 bridgehead atoms. The lowest BCUT2D eigenvalue weighted by Crippen LogP contribution is -2.01. The van der Waals surface area contributed by atoms with Crippen LogP contribution in [0.5, 0.6) is 0 Å². The maximum atomic E-state index is 5.28. The van der Waals surface area contributed by atoms with Crippen molar-refractivity contribution >= 4 is 70.8 Å². The molecule has 0 radical (unpaired) electrons. The summed E-state index contributed by atoms with van der Waals surface area (Å²) in [5.74, 6) is 1.95. The Bertz CT molecular complexity index is 3000. The third-order valence-electron chi connectivity index (χ3n) is 10.1. The zero-order valence-electron chi connectivity index (χ0n) is 28.3. The summed E-state index contributed by atoms with van der Waals surface area (Å²) < 4.78 is 4.79. The number of nitrogens with one attached hydrogen (secondary N) is 1. The molecule has 0 fully saturated rings. The molecule has 1 aliphatic rings. The predicted octanol–water partition coefficient (Wildman–Crippen LogP) is 12.6. The molecule has 53 heavy (non-hydrogen) atoms. The summed E-state index contributed by atoms with van der Waals surface area (Å²) in [4.78, 5) is 16.9. The standard InChI is InChI=1S/C46H29N5S2/c1-3-12-28(13-4-1)43-48-44(29-22-24-33-32-16-7-9-19-37(32)51(38(33)27-29)31-14-5-2-6-15-31)50-45(49-43)34-17-11-21-41-42(34)35-26-30(23-25-39(35)52-41)46-47-36-18-8-10-20-40(36)53-46/h1-27,46-47H. The average Bonchev–Trinajstić information content (AvgIpc) is 3.93. The van der Waals surface area contributed by atoms with E-state index in [2.05, 4.69) is 155 Å². The number of fused-ring (bicyclic) bond motifs is 7. The van der Waals surface area contributed by atoms with Gasteiger partial charge in [-0.2, -0.15) is 0 Å². The van der Waals surface area contributed by atoms with Gasteiger partial charge in [0.1, 0.15) is 5.37 Å². The Morgan fingerprint density at radius 3 is 2.11 bits per heavy atom. The van der Waals surface area contributed by atoms with Gasteiger partial charge in [-0.15, -0.1) is 11.3 Å². The van der Waals surface area contributed by atoms with Crippen LogP contribution in [-0.2, 0) is 0 Å². The normalized spacial score (nSPS) is 13.9. The molecule has 1 N–H and O–H groups in total. The van der Waals surface area contributed by atoms with Gasteiger partial charge in [0.15, 0.2) is 17.5 Å². The summed E-state index contributed by atoms with van der Waals surface area (Å²) in [6, 6.07) is 57.8. The Hall–Kier alpha value is -6.28. The van der Waals surface area contributed by atoms with Gasteiger partial charge in [-0.05, 0) is 60.2 Å². The van der Waals surface area contributed by atoms with Crippen LogP contribution in [0.3, 0.4) is 0 Å². The van der Waals surface area contributed by atoms with E-state index in [4.69, 9.17) is 15.0 Å². The van der Waals surface area contributed by atoms with E-state index in [1.807, 2.05) is 41.3 Å². The highest BCUT2D eigenvalue weighted by molar-refractivity contribution is 8.00. The van der Waals surface area contributed by atoms with Gasteiger partial charge in [-0.25, -0.2) is 15.0 Å². The summed E-state index contributed by atoms with van der Waals surface area (Å²) in [5, 5.41) is 8.66. The minimum atomic E-state index is 0.147. The fraction of sp³-hybridized carbons (Fsp3) is 0.0217. The minimum Gasteiger partial charge on any atom is -0.368 e. The zero-order chi connectivity index (χ0) is 34.9. The molecule has 4 heterocycles. The van der Waals surface area contributed by atoms with E-state index in [0.29, 0.717) is 17.5 Å². The lowest BCUT2D eigenvalue weighted by Gasteiger charge is -2.12. The Kier molecular flexibility index (Phi) is 6.96. The van der Waals surface area contributed by atoms with Crippen molar-refractivity contribution in [3.8, 4) is 39.9 Å². The van der Waals surface area contributed by atoms with Gasteiger partial charge in [0.25, 0.3) is 0 Å². The van der Waals surface area contributed by atoms with Crippen molar-refractivity contribution in [2.45, 2.75) is 10.3 Å². The van der Waals surface area contributed by atoms with Crippen LogP contribution in [0, 0.1) is 0 Å². The first-order chi connectivity index (χ1) is 26.2. The third kappa shape index (κ3) is 5.04. The highest BCUT2D eigenvalue weighted by Gasteiger charge is 2.24. The molecule has 0 spiro atoms. The van der Waals surface area contributed by atoms with Crippen LogP contribution in [-0.4, -0.2) is 19.5 Å². The summed E-state index contributed by atoms with van der Waals surface area (Å²) in [5.41, 5.74) is 8.71. The van der Waals surface area contributed by atoms with Crippen molar-refractivity contribution in [2.75, 3.05) is 5.32 Å². The molecule has 250 valence electrons. The smallest absolute Gasteiger partial charge is 0.164 e. The van der Waals surface area contributed by atoms with E-state index in [0.717, 1.165) is 33.4 Å². The second-order valence-electron chi connectivity index (χ2n) is 13.3. The van der Waals surface area contributed by atoms with Crippen LogP contribution in [0.2, 0.25) is 0 Å². The number of nitrogens with zero attached hydrogens (tertiary/aromatic N) is 4. The zero-order valence-corrected chi connectivity index (χ0v) is 29.9. The van der Waals surface area contributed by atoms with E-state index >= 15 is 0 Å². The Morgan fingerprint density at radius 1 is 0.509 bits per heavy atom. The van der Waals surface area contributed by atoms with E-state index in [1.54, 1.807) is 0 Å². The van der Waals surface area contributed by atoms with Gasteiger partial charge >= 0.3 is 0 Å². The molecule has 7 aromatic carbocycles. The van der Waals surface area contributed by atoms with Crippen LogP contribution in [0.4, 0.5) is 5.69 Å². The molecular weight excluding hydrogens is 687 g/mol. The van der Waals surface area contributed by atoms with Gasteiger partial charge in [0.05, 0.1) is 11.0 Å². The summed E-state index contributed by atoms with van der Waals surface area (Å²) >= 11 is 3.68. The van der Waals surface area contributed by atoms with Crippen LogP contribution < -0.4 is 5.32 Å². The fourth-order valence-electron chi connectivity index (χ4n) is 7.64. The molecule has 0 saturated heterocycles. The van der Waals surface area contributed by atoms with Crippen molar-refractivity contribution < 1.29 is 0 Å². The number of para-hydroxylation sites is 3. The molecule has 7 heteroatoms. The number of thioether (sulfide) groups is 1. The van der Waals surface area contributed by atoms with Crippen LogP contribution >= 0.6 is 23.1 Å². The van der Waals surface area contributed by atoms with E-state index in [9.17, 15) is 0 Å². The fourth-order valence-corrected chi connectivity index (χ4v) is 9.88. The number of aromatic nitrogens is 4. The number of rotatable bonds is 5. The number of hydrogen-bond donors (Lipinski definition) is 1. The van der Waals surface area contributed by atoms with Crippen molar-refractivity contribution in [3.05, 3.63) is 169 Å². The molecule has 0 aliphatic carbocycles. The second kappa shape index (κ2) is 12.2. The second-order valence-corrected chi connectivity index (χ2v) is 15.5. The summed E-state index contributed by atoms with van der Waals surface area (Å²) in [6.45, 7) is 0. The number of hydrogen-bond acceptors (Lipinski definition) is 6. The van der Waals surface area contributed by atoms with Crippen molar-refractivity contribution in [3.63, 3.8) is 0 Å². The van der Waals surface area contributed by atoms with E-state index < -0.39 is 0 Å². The van der Waals surface area contributed by atoms with Gasteiger partial charge in [-0.1, -0.05) is 121 Å². The lowest BCUT2D eigenvalue weighted by molar-refractivity contribution is 1.08. The monoisotopic (exact) mass is 715 g/mol. The van der Waals surface area contributed by atoms with Crippen LogP contribution in [0.1, 0.15) is 10.9 Å². The Balaban J connectivity index is 1.11. The lowest BCUT2D eigenvalue weighted by atomic mass is 10.0. The van der Waals surface area contributed by atoms with E-state index in [-0.39, 0.29) is 5.37 Å². The average molecular weight is 716 g/mol. The van der Waals surface area contributed by atoms with E-state index in [1.165, 1.54) is 47.1 Å². The van der Waals surface area contributed by atoms with Gasteiger partial charge in [0.2, 0.25) is 0 Å².